The SMILES string of the molecule is c1csc(C23CNCC2CON3)c1. The minimum Gasteiger partial charge on any atom is -0.314 e. The second-order valence-electron chi connectivity index (χ2n) is 3.69. The van der Waals surface area contributed by atoms with Crippen molar-refractivity contribution in [3.05, 3.63) is 22.4 Å². The third-order valence-corrected chi connectivity index (χ3v) is 4.04. The van der Waals surface area contributed by atoms with Gasteiger partial charge in [0.15, 0.2) is 0 Å². The first-order valence-electron chi connectivity index (χ1n) is 4.55. The fourth-order valence-corrected chi connectivity index (χ4v) is 3.18. The third-order valence-electron chi connectivity index (χ3n) is 2.99. The molecule has 0 amide bonds. The van der Waals surface area contributed by atoms with Crippen molar-refractivity contribution in [1.82, 2.24) is 10.8 Å². The van der Waals surface area contributed by atoms with Gasteiger partial charge in [-0.3, -0.25) is 0 Å². The maximum atomic E-state index is 5.36. The summed E-state index contributed by atoms with van der Waals surface area (Å²) >= 11 is 1.80. The van der Waals surface area contributed by atoms with Crippen LogP contribution in [0.1, 0.15) is 4.88 Å². The molecule has 1 aromatic rings. The van der Waals surface area contributed by atoms with Crippen LogP contribution < -0.4 is 10.8 Å². The van der Waals surface area contributed by atoms with Crippen molar-refractivity contribution >= 4 is 11.3 Å². The molecular weight excluding hydrogens is 184 g/mol. The van der Waals surface area contributed by atoms with Crippen LogP contribution in [0.4, 0.5) is 0 Å². The minimum absolute atomic E-state index is 0.0637. The Morgan fingerprint density at radius 3 is 3.46 bits per heavy atom. The summed E-state index contributed by atoms with van der Waals surface area (Å²) in [7, 11) is 0. The van der Waals surface area contributed by atoms with Crippen molar-refractivity contribution in [3.8, 4) is 0 Å². The zero-order valence-electron chi connectivity index (χ0n) is 7.25. The summed E-state index contributed by atoms with van der Waals surface area (Å²) in [6.45, 7) is 2.87. The zero-order valence-corrected chi connectivity index (χ0v) is 8.06. The van der Waals surface area contributed by atoms with Gasteiger partial charge in [0, 0.05) is 23.9 Å². The Hall–Kier alpha value is -0.420. The van der Waals surface area contributed by atoms with Gasteiger partial charge in [-0.15, -0.1) is 11.3 Å². The smallest absolute Gasteiger partial charge is 0.0959 e. The van der Waals surface area contributed by atoms with Gasteiger partial charge in [-0.25, -0.2) is 0 Å². The number of nitrogens with one attached hydrogen (secondary N) is 2. The van der Waals surface area contributed by atoms with Gasteiger partial charge in [-0.05, 0) is 11.4 Å². The molecule has 3 nitrogen and oxygen atoms in total. The molecule has 2 aliphatic rings. The van der Waals surface area contributed by atoms with Crippen LogP contribution in [0.2, 0.25) is 0 Å². The number of hydroxylamine groups is 1. The molecule has 1 aromatic heterocycles. The summed E-state index contributed by atoms with van der Waals surface area (Å²) < 4.78 is 0. The highest BCUT2D eigenvalue weighted by Crippen LogP contribution is 2.38. The zero-order chi connectivity index (χ0) is 8.73. The van der Waals surface area contributed by atoms with E-state index in [4.69, 9.17) is 4.84 Å². The van der Waals surface area contributed by atoms with Gasteiger partial charge in [0.1, 0.15) is 0 Å². The van der Waals surface area contributed by atoms with Crippen LogP contribution in [-0.2, 0) is 10.4 Å². The molecule has 4 heteroatoms. The summed E-state index contributed by atoms with van der Waals surface area (Å²) in [5, 5.41) is 5.54. The lowest BCUT2D eigenvalue weighted by molar-refractivity contribution is 0.0608. The van der Waals surface area contributed by atoms with Crippen LogP contribution in [0, 0.1) is 5.92 Å². The van der Waals surface area contributed by atoms with E-state index < -0.39 is 0 Å². The lowest BCUT2D eigenvalue weighted by Crippen LogP contribution is -2.41. The van der Waals surface area contributed by atoms with Crippen LogP contribution in [-0.4, -0.2) is 19.7 Å². The van der Waals surface area contributed by atoms with Crippen LogP contribution in [0.15, 0.2) is 17.5 Å². The van der Waals surface area contributed by atoms with Crippen molar-refractivity contribution in [2.75, 3.05) is 19.7 Å². The molecule has 0 spiro atoms. The molecular formula is C9H12N2OS. The molecule has 70 valence electrons. The van der Waals surface area contributed by atoms with Gasteiger partial charge >= 0.3 is 0 Å². The van der Waals surface area contributed by atoms with E-state index in [0.29, 0.717) is 5.92 Å². The lowest BCUT2D eigenvalue weighted by atomic mass is 9.88. The molecule has 0 bridgehead atoms. The summed E-state index contributed by atoms with van der Waals surface area (Å²) in [4.78, 5) is 6.74. The number of rotatable bonds is 1. The Morgan fingerprint density at radius 2 is 2.62 bits per heavy atom. The fourth-order valence-electron chi connectivity index (χ4n) is 2.22. The van der Waals surface area contributed by atoms with E-state index in [2.05, 4.69) is 28.3 Å². The van der Waals surface area contributed by atoms with Crippen molar-refractivity contribution in [2.45, 2.75) is 5.54 Å². The average Bonchev–Trinajstić information content (AvgIpc) is 2.79. The second kappa shape index (κ2) is 2.78. The van der Waals surface area contributed by atoms with Crippen molar-refractivity contribution < 1.29 is 4.84 Å². The molecule has 2 N–H and O–H groups in total. The molecule has 2 atom stereocenters. The molecule has 2 saturated heterocycles. The number of fused-ring (bicyclic) bond motifs is 1. The highest BCUT2D eigenvalue weighted by Gasteiger charge is 2.49. The van der Waals surface area contributed by atoms with Crippen molar-refractivity contribution in [2.24, 2.45) is 5.92 Å². The second-order valence-corrected chi connectivity index (χ2v) is 4.64. The minimum atomic E-state index is 0.0637. The average molecular weight is 196 g/mol. The number of hydrogen-bond donors (Lipinski definition) is 2. The molecule has 3 heterocycles. The fraction of sp³-hybridized carbons (Fsp3) is 0.556. The normalized spacial score (nSPS) is 38.0. The van der Waals surface area contributed by atoms with Crippen LogP contribution in [0.25, 0.3) is 0 Å². The predicted octanol–water partition coefficient (Wildman–Crippen LogP) is 0.698. The first-order valence-corrected chi connectivity index (χ1v) is 5.43. The molecule has 0 saturated carbocycles. The predicted molar refractivity (Wildman–Crippen MR) is 51.4 cm³/mol. The molecule has 2 unspecified atom stereocenters. The van der Waals surface area contributed by atoms with Gasteiger partial charge in [-0.1, -0.05) is 6.07 Å². The first-order chi connectivity index (χ1) is 6.42. The molecule has 0 aromatic carbocycles. The molecule has 2 aliphatic heterocycles. The van der Waals surface area contributed by atoms with E-state index in [1.165, 1.54) is 4.88 Å². The Morgan fingerprint density at radius 1 is 1.62 bits per heavy atom. The van der Waals surface area contributed by atoms with E-state index in [-0.39, 0.29) is 5.54 Å². The summed E-state index contributed by atoms with van der Waals surface area (Å²) in [6.07, 6.45) is 0. The summed E-state index contributed by atoms with van der Waals surface area (Å²) in [5.41, 5.74) is 3.25. The van der Waals surface area contributed by atoms with Crippen molar-refractivity contribution in [3.63, 3.8) is 0 Å². The lowest BCUT2D eigenvalue weighted by Gasteiger charge is -2.24. The van der Waals surface area contributed by atoms with E-state index in [0.717, 1.165) is 19.7 Å². The Balaban J connectivity index is 2.03. The van der Waals surface area contributed by atoms with Gasteiger partial charge in [-0.2, -0.15) is 5.48 Å². The van der Waals surface area contributed by atoms with E-state index >= 15 is 0 Å². The van der Waals surface area contributed by atoms with Crippen LogP contribution in [0.5, 0.6) is 0 Å². The molecule has 2 fully saturated rings. The quantitative estimate of drug-likeness (QED) is 0.693. The van der Waals surface area contributed by atoms with Gasteiger partial charge in [0.05, 0.1) is 12.1 Å². The summed E-state index contributed by atoms with van der Waals surface area (Å²) in [6, 6.07) is 4.29. The Bertz CT molecular complexity index is 289. The van der Waals surface area contributed by atoms with Crippen molar-refractivity contribution in [1.29, 1.82) is 0 Å². The van der Waals surface area contributed by atoms with E-state index in [1.807, 2.05) is 0 Å². The van der Waals surface area contributed by atoms with Crippen LogP contribution >= 0.6 is 11.3 Å². The van der Waals surface area contributed by atoms with Gasteiger partial charge in [0.2, 0.25) is 0 Å². The maximum Gasteiger partial charge on any atom is 0.0959 e. The molecule has 0 radical (unpaired) electrons. The van der Waals surface area contributed by atoms with Gasteiger partial charge < -0.3 is 10.2 Å². The topological polar surface area (TPSA) is 33.3 Å². The summed E-state index contributed by atoms with van der Waals surface area (Å²) in [5.74, 6) is 0.589. The third kappa shape index (κ3) is 1.00. The maximum absolute atomic E-state index is 5.36. The van der Waals surface area contributed by atoms with Crippen LogP contribution in [0.3, 0.4) is 0 Å². The Labute approximate surface area is 81.1 Å². The highest BCUT2D eigenvalue weighted by molar-refractivity contribution is 7.10. The number of thiophene rings is 1. The number of hydrogen-bond acceptors (Lipinski definition) is 4. The standard InChI is InChI=1S/C9H12N2OS/c1-2-8(13-3-1)9-6-10-4-7(9)5-12-11-9/h1-3,7,10-11H,4-6H2. The Kier molecular flexibility index (Phi) is 1.70. The molecule has 3 rings (SSSR count). The largest absolute Gasteiger partial charge is 0.314 e. The van der Waals surface area contributed by atoms with E-state index in [9.17, 15) is 0 Å². The van der Waals surface area contributed by atoms with E-state index in [1.54, 1.807) is 11.3 Å². The molecule has 13 heavy (non-hydrogen) atoms. The molecule has 0 aliphatic carbocycles. The first kappa shape index (κ1) is 7.94. The highest BCUT2D eigenvalue weighted by atomic mass is 32.1. The van der Waals surface area contributed by atoms with Gasteiger partial charge in [0.25, 0.3) is 0 Å². The monoisotopic (exact) mass is 196 g/mol.